The topological polar surface area (TPSA) is 114 Å². The van der Waals surface area contributed by atoms with Gasteiger partial charge in [-0.1, -0.05) is 50.6 Å². The first-order valence-electron chi connectivity index (χ1n) is 10.1. The van der Waals surface area contributed by atoms with Gasteiger partial charge in [0.2, 0.25) is 17.1 Å². The number of hydrogen-bond acceptors (Lipinski definition) is 6. The normalized spacial score (nSPS) is 36.6. The van der Waals surface area contributed by atoms with E-state index in [4.69, 9.17) is 26.5 Å². The maximum absolute atomic E-state index is 10.4. The molecule has 1 N–H and O–H groups in total. The monoisotopic (exact) mass is 422 g/mol. The van der Waals surface area contributed by atoms with Crippen LogP contribution in [-0.4, -0.2) is 11.7 Å². The summed E-state index contributed by atoms with van der Waals surface area (Å²) >= 11 is 6.42. The molecule has 2 aliphatic heterocycles. The molecule has 154 valence electrons. The van der Waals surface area contributed by atoms with E-state index in [-0.39, 0.29) is 17.2 Å². The van der Waals surface area contributed by atoms with Gasteiger partial charge < -0.3 is 9.47 Å². The minimum atomic E-state index is -1.96. The van der Waals surface area contributed by atoms with Crippen LogP contribution in [0.2, 0.25) is 5.02 Å². The quantitative estimate of drug-likeness (QED) is 0.674. The highest BCUT2D eigenvalue weighted by molar-refractivity contribution is 6.31. The average Bonchev–Trinajstić information content (AvgIpc) is 2.91. The third-order valence-electron chi connectivity index (χ3n) is 7.32. The molecule has 0 spiro atoms. The zero-order valence-corrected chi connectivity index (χ0v) is 18.0. The number of rotatable bonds is 1. The summed E-state index contributed by atoms with van der Waals surface area (Å²) in [4.78, 5) is 0. The molecule has 0 radical (unpaired) electrons. The lowest BCUT2D eigenvalue weighted by Gasteiger charge is -2.54. The van der Waals surface area contributed by atoms with Gasteiger partial charge in [-0.3, -0.25) is 5.41 Å². The summed E-state index contributed by atoms with van der Waals surface area (Å²) in [6, 6.07) is 13.2. The molecule has 1 aromatic carbocycles. The van der Waals surface area contributed by atoms with Crippen LogP contribution in [0.1, 0.15) is 51.7 Å². The lowest BCUT2D eigenvalue weighted by atomic mass is 9.49. The molecule has 2 heterocycles. The largest absolute Gasteiger partial charge is 0.447 e. The van der Waals surface area contributed by atoms with Crippen molar-refractivity contribution < 1.29 is 9.47 Å². The van der Waals surface area contributed by atoms with E-state index < -0.39 is 28.6 Å². The molecule has 5 unspecified atom stereocenters. The smallest absolute Gasteiger partial charge is 0.217 e. The summed E-state index contributed by atoms with van der Waals surface area (Å²) in [5, 5.41) is 40.0. The van der Waals surface area contributed by atoms with Crippen molar-refractivity contribution in [3.63, 3.8) is 0 Å². The van der Waals surface area contributed by atoms with Crippen LogP contribution in [0.5, 0.6) is 0 Å². The summed E-state index contributed by atoms with van der Waals surface area (Å²) in [5.41, 5.74) is -3.27. The molecule has 0 amide bonds. The summed E-state index contributed by atoms with van der Waals surface area (Å²) < 4.78 is 12.4. The second-order valence-electron chi connectivity index (χ2n) is 9.60. The SMILES string of the molecule is CC(C)(C)C1CCC23OC(=N)C(C#N)(C2C1)C(C#N)(C#N)C(c1ccccc1Cl)O3. The van der Waals surface area contributed by atoms with Gasteiger partial charge in [0.1, 0.15) is 6.10 Å². The van der Waals surface area contributed by atoms with E-state index in [2.05, 4.69) is 39.0 Å². The van der Waals surface area contributed by atoms with E-state index in [0.717, 1.165) is 6.42 Å². The van der Waals surface area contributed by atoms with E-state index in [1.165, 1.54) is 0 Å². The Morgan fingerprint density at radius 3 is 2.37 bits per heavy atom. The fourth-order valence-electron chi connectivity index (χ4n) is 5.59. The van der Waals surface area contributed by atoms with Gasteiger partial charge in [-0.2, -0.15) is 15.8 Å². The fourth-order valence-corrected chi connectivity index (χ4v) is 5.83. The number of nitrogens with one attached hydrogen (secondary N) is 1. The molecule has 1 saturated carbocycles. The fraction of sp³-hybridized carbons (Fsp3) is 0.565. The summed E-state index contributed by atoms with van der Waals surface area (Å²) in [5.74, 6) is -1.90. The van der Waals surface area contributed by atoms with E-state index in [0.29, 0.717) is 23.4 Å². The van der Waals surface area contributed by atoms with Gasteiger partial charge in [0, 0.05) is 17.0 Å². The van der Waals surface area contributed by atoms with Crippen molar-refractivity contribution in [2.75, 3.05) is 0 Å². The van der Waals surface area contributed by atoms with Crippen LogP contribution in [0.15, 0.2) is 24.3 Å². The summed E-state index contributed by atoms with van der Waals surface area (Å²) in [7, 11) is 0. The van der Waals surface area contributed by atoms with Crippen LogP contribution in [0.3, 0.4) is 0 Å². The second-order valence-corrected chi connectivity index (χ2v) is 10.0. The zero-order valence-electron chi connectivity index (χ0n) is 17.2. The highest BCUT2D eigenvalue weighted by atomic mass is 35.5. The van der Waals surface area contributed by atoms with Crippen molar-refractivity contribution in [3.05, 3.63) is 34.9 Å². The van der Waals surface area contributed by atoms with Gasteiger partial charge in [-0.05, 0) is 30.2 Å². The van der Waals surface area contributed by atoms with Crippen LogP contribution in [-0.2, 0) is 9.47 Å². The minimum Gasteiger partial charge on any atom is -0.447 e. The highest BCUT2D eigenvalue weighted by Crippen LogP contribution is 2.71. The Balaban J connectivity index is 1.97. The minimum absolute atomic E-state index is 0.0264. The van der Waals surface area contributed by atoms with Crippen molar-refractivity contribution in [3.8, 4) is 18.2 Å². The first-order chi connectivity index (χ1) is 14.1. The van der Waals surface area contributed by atoms with Crippen molar-refractivity contribution in [2.24, 2.45) is 28.1 Å². The van der Waals surface area contributed by atoms with Gasteiger partial charge in [0.25, 0.3) is 0 Å². The molecule has 3 fully saturated rings. The van der Waals surface area contributed by atoms with Crippen LogP contribution >= 0.6 is 11.6 Å². The van der Waals surface area contributed by atoms with Gasteiger partial charge in [-0.15, -0.1) is 0 Å². The number of benzene rings is 1. The number of ether oxygens (including phenoxy) is 2. The van der Waals surface area contributed by atoms with E-state index >= 15 is 0 Å². The molecule has 2 saturated heterocycles. The number of nitriles is 3. The van der Waals surface area contributed by atoms with Crippen molar-refractivity contribution in [1.29, 1.82) is 21.2 Å². The molecule has 5 atom stereocenters. The van der Waals surface area contributed by atoms with Crippen LogP contribution in [0.25, 0.3) is 0 Å². The lowest BCUT2D eigenvalue weighted by molar-refractivity contribution is -0.301. The lowest BCUT2D eigenvalue weighted by Crippen LogP contribution is -2.61. The predicted octanol–water partition coefficient (Wildman–Crippen LogP) is 5.12. The van der Waals surface area contributed by atoms with E-state index in [1.54, 1.807) is 24.3 Å². The van der Waals surface area contributed by atoms with Crippen LogP contribution in [0.4, 0.5) is 0 Å². The molecule has 0 aromatic heterocycles. The summed E-state index contributed by atoms with van der Waals surface area (Å²) in [6.07, 6.45) is 0.723. The van der Waals surface area contributed by atoms with E-state index in [1.807, 2.05) is 0 Å². The van der Waals surface area contributed by atoms with Crippen molar-refractivity contribution in [1.82, 2.24) is 0 Å². The molecule has 2 bridgehead atoms. The first-order valence-corrected chi connectivity index (χ1v) is 10.4. The Hall–Kier alpha value is -2.59. The van der Waals surface area contributed by atoms with Gasteiger partial charge >= 0.3 is 0 Å². The molecule has 1 aromatic rings. The van der Waals surface area contributed by atoms with Crippen molar-refractivity contribution >= 4 is 17.5 Å². The number of hydrogen-bond donors (Lipinski definition) is 1. The molecule has 3 aliphatic rings. The maximum Gasteiger partial charge on any atom is 0.217 e. The Bertz CT molecular complexity index is 1030. The Morgan fingerprint density at radius 1 is 1.13 bits per heavy atom. The molecule has 4 rings (SSSR count). The molecule has 1 aliphatic carbocycles. The third-order valence-corrected chi connectivity index (χ3v) is 7.67. The van der Waals surface area contributed by atoms with Crippen molar-refractivity contribution in [2.45, 2.75) is 51.9 Å². The first kappa shape index (κ1) is 20.7. The summed E-state index contributed by atoms with van der Waals surface area (Å²) in [6.45, 7) is 6.42. The van der Waals surface area contributed by atoms with Gasteiger partial charge in [0.15, 0.2) is 5.41 Å². The van der Waals surface area contributed by atoms with Gasteiger partial charge in [0.05, 0.1) is 24.1 Å². The van der Waals surface area contributed by atoms with E-state index in [9.17, 15) is 15.8 Å². The number of halogens is 1. The molecule has 30 heavy (non-hydrogen) atoms. The molecule has 6 nitrogen and oxygen atoms in total. The van der Waals surface area contributed by atoms with Crippen LogP contribution < -0.4 is 0 Å². The molecular formula is C23H23ClN4O2. The predicted molar refractivity (Wildman–Crippen MR) is 109 cm³/mol. The van der Waals surface area contributed by atoms with Crippen LogP contribution in [0, 0.1) is 67.5 Å². The number of nitrogens with zero attached hydrogens (tertiary/aromatic N) is 3. The second kappa shape index (κ2) is 6.45. The third kappa shape index (κ3) is 2.34. The zero-order chi connectivity index (χ0) is 21.9. The Labute approximate surface area is 181 Å². The Kier molecular flexibility index (Phi) is 4.45. The molecular weight excluding hydrogens is 400 g/mol. The van der Waals surface area contributed by atoms with Gasteiger partial charge in [-0.25, -0.2) is 0 Å². The molecule has 7 heteroatoms. The average molecular weight is 423 g/mol. The standard InChI is InChI=1S/C23H23ClN4O2/c1-20(2,3)14-8-9-23-17(10-14)22(13-27,19(28)30-23)21(11-25,12-26)18(29-23)15-6-4-5-7-16(15)24/h4-7,14,17-18,28H,8-10H2,1-3H3. The Morgan fingerprint density at radius 2 is 1.80 bits per heavy atom. The maximum atomic E-state index is 10.4. The highest BCUT2D eigenvalue weighted by Gasteiger charge is 2.81.